The van der Waals surface area contributed by atoms with E-state index in [4.69, 9.17) is 4.84 Å². The number of imide groups is 1. The lowest BCUT2D eigenvalue weighted by Crippen LogP contribution is -2.42. The van der Waals surface area contributed by atoms with Gasteiger partial charge in [0.25, 0.3) is 11.8 Å². The number of nitrogens with zero attached hydrogens (tertiary/aromatic N) is 2. The normalized spacial score (nSPS) is 23.8. The summed E-state index contributed by atoms with van der Waals surface area (Å²) in [7, 11) is 2.01. The molecule has 1 aromatic carbocycles. The molecule has 5 nitrogen and oxygen atoms in total. The first-order valence-corrected chi connectivity index (χ1v) is 6.50. The van der Waals surface area contributed by atoms with E-state index in [1.54, 1.807) is 24.3 Å². The maximum absolute atomic E-state index is 12.1. The standard InChI is InChI=1S/C14H16N2O3/c1-15-8-4-5-10(9-15)19-16-13(17)11-6-2-3-7-12(11)14(16)18/h2-3,6-7,10H,4-5,8-9H2,1H3. The third-order valence-corrected chi connectivity index (χ3v) is 3.59. The van der Waals surface area contributed by atoms with Crippen LogP contribution in [0.5, 0.6) is 0 Å². The number of fused-ring (bicyclic) bond motifs is 1. The minimum Gasteiger partial charge on any atom is -0.304 e. The van der Waals surface area contributed by atoms with Crippen LogP contribution in [0.25, 0.3) is 0 Å². The summed E-state index contributed by atoms with van der Waals surface area (Å²) in [5.41, 5.74) is 0.855. The van der Waals surface area contributed by atoms with Crippen LogP contribution in [0.1, 0.15) is 33.6 Å². The Balaban J connectivity index is 1.77. The Morgan fingerprint density at radius 3 is 2.37 bits per heavy atom. The SMILES string of the molecule is CN1CCCC(ON2C(=O)c3ccccc3C2=O)C1. The first-order valence-electron chi connectivity index (χ1n) is 6.50. The van der Waals surface area contributed by atoms with Crippen LogP contribution in [0.3, 0.4) is 0 Å². The van der Waals surface area contributed by atoms with Crippen LogP contribution in [0.15, 0.2) is 24.3 Å². The van der Waals surface area contributed by atoms with Crippen LogP contribution >= 0.6 is 0 Å². The molecule has 0 radical (unpaired) electrons. The van der Waals surface area contributed by atoms with Crippen molar-refractivity contribution in [1.82, 2.24) is 9.96 Å². The first kappa shape index (κ1) is 12.3. The molecule has 0 saturated carbocycles. The fourth-order valence-corrected chi connectivity index (χ4v) is 2.62. The van der Waals surface area contributed by atoms with Crippen molar-refractivity contribution in [2.45, 2.75) is 18.9 Å². The van der Waals surface area contributed by atoms with Gasteiger partial charge >= 0.3 is 0 Å². The molecule has 0 N–H and O–H groups in total. The number of likely N-dealkylation sites (N-methyl/N-ethyl adjacent to an activating group) is 1. The number of piperidine rings is 1. The molecule has 1 fully saturated rings. The topological polar surface area (TPSA) is 49.9 Å². The van der Waals surface area contributed by atoms with Gasteiger partial charge in [-0.15, -0.1) is 5.06 Å². The molecule has 0 aliphatic carbocycles. The quantitative estimate of drug-likeness (QED) is 0.752. The zero-order valence-corrected chi connectivity index (χ0v) is 10.8. The smallest absolute Gasteiger partial charge is 0.285 e. The Morgan fingerprint density at radius 1 is 1.16 bits per heavy atom. The fourth-order valence-electron chi connectivity index (χ4n) is 2.62. The second kappa shape index (κ2) is 4.75. The molecule has 1 unspecified atom stereocenters. The molecule has 3 rings (SSSR count). The van der Waals surface area contributed by atoms with Crippen LogP contribution < -0.4 is 0 Å². The van der Waals surface area contributed by atoms with E-state index in [1.807, 2.05) is 7.05 Å². The van der Waals surface area contributed by atoms with Gasteiger partial charge in [-0.25, -0.2) is 0 Å². The maximum Gasteiger partial charge on any atom is 0.285 e. The van der Waals surface area contributed by atoms with Gasteiger partial charge < -0.3 is 4.90 Å². The summed E-state index contributed by atoms with van der Waals surface area (Å²) in [6.45, 7) is 1.77. The largest absolute Gasteiger partial charge is 0.304 e. The van der Waals surface area contributed by atoms with Gasteiger partial charge in [0.2, 0.25) is 0 Å². The number of carbonyl (C=O) groups excluding carboxylic acids is 2. The minimum absolute atomic E-state index is 0.0963. The van der Waals surface area contributed by atoms with Crippen molar-refractivity contribution in [1.29, 1.82) is 0 Å². The Morgan fingerprint density at radius 2 is 1.79 bits per heavy atom. The number of carbonyl (C=O) groups is 2. The molecule has 2 aliphatic heterocycles. The molecular formula is C14H16N2O3. The van der Waals surface area contributed by atoms with Gasteiger partial charge in [0.05, 0.1) is 17.2 Å². The number of rotatable bonds is 2. The second-order valence-corrected chi connectivity index (χ2v) is 5.08. The van der Waals surface area contributed by atoms with E-state index in [-0.39, 0.29) is 17.9 Å². The molecule has 5 heteroatoms. The summed E-state index contributed by atoms with van der Waals surface area (Å²) in [6.07, 6.45) is 1.79. The summed E-state index contributed by atoms with van der Waals surface area (Å²) in [5, 5.41) is 0.925. The van der Waals surface area contributed by atoms with Crippen molar-refractivity contribution in [2.75, 3.05) is 20.1 Å². The van der Waals surface area contributed by atoms with Crippen LogP contribution in [0.2, 0.25) is 0 Å². The summed E-state index contributed by atoms with van der Waals surface area (Å²) < 4.78 is 0. The minimum atomic E-state index is -0.353. The molecule has 1 saturated heterocycles. The zero-order valence-electron chi connectivity index (χ0n) is 10.8. The van der Waals surface area contributed by atoms with Gasteiger partial charge in [-0.1, -0.05) is 12.1 Å². The van der Waals surface area contributed by atoms with Gasteiger partial charge in [0.15, 0.2) is 0 Å². The van der Waals surface area contributed by atoms with E-state index in [0.717, 1.165) is 31.0 Å². The second-order valence-electron chi connectivity index (χ2n) is 5.08. The number of hydroxylamine groups is 2. The van der Waals surface area contributed by atoms with Gasteiger partial charge in [0.1, 0.15) is 0 Å². The molecule has 0 bridgehead atoms. The molecule has 0 aromatic heterocycles. The lowest BCUT2D eigenvalue weighted by molar-refractivity contribution is -0.146. The number of likely N-dealkylation sites (tertiary alicyclic amines) is 1. The highest BCUT2D eigenvalue weighted by Gasteiger charge is 2.38. The summed E-state index contributed by atoms with van der Waals surface area (Å²) in [5.74, 6) is -0.706. The van der Waals surface area contributed by atoms with Crippen molar-refractivity contribution in [2.24, 2.45) is 0 Å². The van der Waals surface area contributed by atoms with E-state index in [0.29, 0.717) is 11.1 Å². The first-order chi connectivity index (χ1) is 9.16. The van der Waals surface area contributed by atoms with E-state index in [1.165, 1.54) is 0 Å². The lowest BCUT2D eigenvalue weighted by atomic mass is 10.1. The molecule has 2 aliphatic rings. The van der Waals surface area contributed by atoms with E-state index < -0.39 is 0 Å². The molecule has 2 amide bonds. The van der Waals surface area contributed by atoms with Crippen LogP contribution in [0, 0.1) is 0 Å². The van der Waals surface area contributed by atoms with Crippen molar-refractivity contribution >= 4 is 11.8 Å². The highest BCUT2D eigenvalue weighted by molar-refractivity contribution is 6.20. The molecule has 19 heavy (non-hydrogen) atoms. The summed E-state index contributed by atoms with van der Waals surface area (Å²) in [6, 6.07) is 6.82. The molecule has 1 atom stereocenters. The molecule has 1 aromatic rings. The van der Waals surface area contributed by atoms with Crippen molar-refractivity contribution in [3.8, 4) is 0 Å². The van der Waals surface area contributed by atoms with Gasteiger partial charge in [-0.2, -0.15) is 0 Å². The Hall–Kier alpha value is -1.72. The Kier molecular flexibility index (Phi) is 3.08. The van der Waals surface area contributed by atoms with Gasteiger partial charge in [-0.3, -0.25) is 14.4 Å². The summed E-state index contributed by atoms with van der Waals surface area (Å²) >= 11 is 0. The van der Waals surface area contributed by atoms with Crippen molar-refractivity contribution in [3.05, 3.63) is 35.4 Å². The van der Waals surface area contributed by atoms with Crippen LogP contribution in [-0.2, 0) is 4.84 Å². The van der Waals surface area contributed by atoms with Crippen molar-refractivity contribution < 1.29 is 14.4 Å². The van der Waals surface area contributed by atoms with E-state index >= 15 is 0 Å². The third-order valence-electron chi connectivity index (χ3n) is 3.59. The van der Waals surface area contributed by atoms with Crippen LogP contribution in [0.4, 0.5) is 0 Å². The molecule has 100 valence electrons. The molecular weight excluding hydrogens is 244 g/mol. The molecule has 2 heterocycles. The predicted octanol–water partition coefficient (Wildman–Crippen LogP) is 1.31. The third kappa shape index (κ3) is 2.15. The summed E-state index contributed by atoms with van der Waals surface area (Å²) in [4.78, 5) is 32.0. The van der Waals surface area contributed by atoms with Crippen molar-refractivity contribution in [3.63, 3.8) is 0 Å². The van der Waals surface area contributed by atoms with Gasteiger partial charge in [0, 0.05) is 6.54 Å². The number of benzene rings is 1. The highest BCUT2D eigenvalue weighted by Crippen LogP contribution is 2.24. The average molecular weight is 260 g/mol. The maximum atomic E-state index is 12.1. The fraction of sp³-hybridized carbons (Fsp3) is 0.429. The average Bonchev–Trinajstić information content (AvgIpc) is 2.65. The Labute approximate surface area is 111 Å². The number of amides is 2. The number of hydrogen-bond acceptors (Lipinski definition) is 4. The number of hydrogen-bond donors (Lipinski definition) is 0. The van der Waals surface area contributed by atoms with Crippen LogP contribution in [-0.4, -0.2) is 48.0 Å². The van der Waals surface area contributed by atoms with Gasteiger partial charge in [-0.05, 0) is 38.6 Å². The zero-order chi connectivity index (χ0) is 13.4. The monoisotopic (exact) mass is 260 g/mol. The predicted molar refractivity (Wildman–Crippen MR) is 68.5 cm³/mol. The van der Waals surface area contributed by atoms with E-state index in [2.05, 4.69) is 4.90 Å². The lowest BCUT2D eigenvalue weighted by Gasteiger charge is -2.31. The highest BCUT2D eigenvalue weighted by atomic mass is 16.7. The Bertz CT molecular complexity index is 494. The molecule has 0 spiro atoms. The van der Waals surface area contributed by atoms with E-state index in [9.17, 15) is 9.59 Å².